The lowest BCUT2D eigenvalue weighted by Crippen LogP contribution is -2.51. The number of amides is 3. The minimum atomic E-state index is -0.144. The molecule has 1 fully saturated rings. The average molecular weight is 345 g/mol. The van der Waals surface area contributed by atoms with Crippen LogP contribution in [0.3, 0.4) is 0 Å². The standard InChI is InChI=1S/C19H27N3O3/c1-21(2)19(25)20-14-7-5-11-22(12-14)18(24)16-10-9-13-6-3-4-8-15(13)17(16)23/h9-10,14,23H,3-8,11-12H2,1-2H3,(H,20,25)/t14-/m0/s1. The molecule has 0 spiro atoms. The van der Waals surface area contributed by atoms with E-state index in [1.165, 1.54) is 4.90 Å². The van der Waals surface area contributed by atoms with Crippen LogP contribution in [0.5, 0.6) is 5.75 Å². The molecular weight excluding hydrogens is 318 g/mol. The van der Waals surface area contributed by atoms with E-state index < -0.39 is 0 Å². The fourth-order valence-corrected chi connectivity index (χ4v) is 3.73. The highest BCUT2D eigenvalue weighted by Gasteiger charge is 2.28. The maximum atomic E-state index is 12.9. The monoisotopic (exact) mass is 345 g/mol. The summed E-state index contributed by atoms with van der Waals surface area (Å²) in [4.78, 5) is 28.0. The number of urea groups is 1. The van der Waals surface area contributed by atoms with Crippen LogP contribution in [0.25, 0.3) is 0 Å². The van der Waals surface area contributed by atoms with Crippen molar-refractivity contribution >= 4 is 11.9 Å². The molecule has 1 aromatic carbocycles. The highest BCUT2D eigenvalue weighted by Crippen LogP contribution is 2.33. The summed E-state index contributed by atoms with van der Waals surface area (Å²) in [5, 5.41) is 13.5. The summed E-state index contributed by atoms with van der Waals surface area (Å²) in [6.45, 7) is 1.14. The van der Waals surface area contributed by atoms with Gasteiger partial charge in [-0.05, 0) is 55.7 Å². The van der Waals surface area contributed by atoms with Crippen LogP contribution in [-0.2, 0) is 12.8 Å². The Morgan fingerprint density at radius 2 is 1.96 bits per heavy atom. The molecule has 1 atom stereocenters. The molecular formula is C19H27N3O3. The Morgan fingerprint density at radius 3 is 2.72 bits per heavy atom. The maximum Gasteiger partial charge on any atom is 0.317 e. The second-order valence-corrected chi connectivity index (χ2v) is 7.24. The Hall–Kier alpha value is -2.24. The van der Waals surface area contributed by atoms with Crippen LogP contribution in [-0.4, -0.2) is 60.1 Å². The van der Waals surface area contributed by atoms with Gasteiger partial charge >= 0.3 is 6.03 Å². The van der Waals surface area contributed by atoms with Gasteiger partial charge in [-0.15, -0.1) is 0 Å². The topological polar surface area (TPSA) is 72.9 Å². The van der Waals surface area contributed by atoms with Gasteiger partial charge in [-0.2, -0.15) is 0 Å². The van der Waals surface area contributed by atoms with Gasteiger partial charge in [0.2, 0.25) is 0 Å². The third kappa shape index (κ3) is 3.72. The van der Waals surface area contributed by atoms with E-state index in [9.17, 15) is 14.7 Å². The Bertz CT molecular complexity index is 672. The van der Waals surface area contributed by atoms with Gasteiger partial charge in [0, 0.05) is 33.2 Å². The largest absolute Gasteiger partial charge is 0.507 e. The van der Waals surface area contributed by atoms with Crippen molar-refractivity contribution in [1.82, 2.24) is 15.1 Å². The summed E-state index contributed by atoms with van der Waals surface area (Å²) in [5.41, 5.74) is 2.49. The van der Waals surface area contributed by atoms with Crippen molar-refractivity contribution in [2.45, 2.75) is 44.6 Å². The van der Waals surface area contributed by atoms with Crippen molar-refractivity contribution in [3.8, 4) is 5.75 Å². The van der Waals surface area contributed by atoms with Gasteiger partial charge in [0.05, 0.1) is 5.56 Å². The Balaban J connectivity index is 1.73. The number of piperidine rings is 1. The number of carbonyl (C=O) groups is 2. The van der Waals surface area contributed by atoms with E-state index in [4.69, 9.17) is 0 Å². The summed E-state index contributed by atoms with van der Waals surface area (Å²) in [6.07, 6.45) is 5.71. The smallest absolute Gasteiger partial charge is 0.317 e. The molecule has 1 aliphatic carbocycles. The van der Waals surface area contributed by atoms with E-state index in [1.54, 1.807) is 25.1 Å². The molecule has 3 rings (SSSR count). The normalized spacial score (nSPS) is 19.9. The van der Waals surface area contributed by atoms with Gasteiger partial charge in [0.25, 0.3) is 5.91 Å². The Morgan fingerprint density at radius 1 is 1.20 bits per heavy atom. The summed E-state index contributed by atoms with van der Waals surface area (Å²) in [5.74, 6) is 0.0105. The number of hydrogen-bond acceptors (Lipinski definition) is 3. The summed E-state index contributed by atoms with van der Waals surface area (Å²) >= 11 is 0. The van der Waals surface area contributed by atoms with Crippen LogP contribution in [0, 0.1) is 0 Å². The quantitative estimate of drug-likeness (QED) is 0.863. The number of carbonyl (C=O) groups excluding carboxylic acids is 2. The number of hydrogen-bond donors (Lipinski definition) is 2. The molecule has 0 saturated carbocycles. The molecule has 1 aromatic rings. The third-order valence-electron chi connectivity index (χ3n) is 5.18. The first-order chi connectivity index (χ1) is 12.0. The van der Waals surface area contributed by atoms with Crippen LogP contribution in [0.2, 0.25) is 0 Å². The van der Waals surface area contributed by atoms with Crippen LogP contribution in [0.15, 0.2) is 12.1 Å². The van der Waals surface area contributed by atoms with E-state index in [2.05, 4.69) is 5.32 Å². The average Bonchev–Trinajstić information content (AvgIpc) is 2.62. The molecule has 6 heteroatoms. The number of aryl methyl sites for hydroxylation is 1. The van der Waals surface area contributed by atoms with Crippen LogP contribution < -0.4 is 5.32 Å². The van der Waals surface area contributed by atoms with Gasteiger partial charge in [0.1, 0.15) is 5.75 Å². The molecule has 6 nitrogen and oxygen atoms in total. The molecule has 1 saturated heterocycles. The lowest BCUT2D eigenvalue weighted by Gasteiger charge is -2.34. The zero-order valence-electron chi connectivity index (χ0n) is 15.0. The second kappa shape index (κ2) is 7.33. The lowest BCUT2D eigenvalue weighted by atomic mass is 9.89. The van der Waals surface area contributed by atoms with Crippen molar-refractivity contribution in [2.24, 2.45) is 0 Å². The van der Waals surface area contributed by atoms with Gasteiger partial charge in [-0.1, -0.05) is 6.07 Å². The lowest BCUT2D eigenvalue weighted by molar-refractivity contribution is 0.0692. The molecule has 0 radical (unpaired) electrons. The van der Waals surface area contributed by atoms with Gasteiger partial charge in [-0.25, -0.2) is 4.79 Å². The van der Waals surface area contributed by atoms with Crippen molar-refractivity contribution in [3.63, 3.8) is 0 Å². The number of benzene rings is 1. The van der Waals surface area contributed by atoms with Crippen molar-refractivity contribution in [2.75, 3.05) is 27.2 Å². The van der Waals surface area contributed by atoms with Gasteiger partial charge in [-0.3, -0.25) is 4.79 Å². The first-order valence-electron chi connectivity index (χ1n) is 9.08. The summed E-state index contributed by atoms with van der Waals surface area (Å²) in [7, 11) is 3.40. The number of likely N-dealkylation sites (tertiary alicyclic amines) is 1. The molecule has 3 amide bonds. The number of fused-ring (bicyclic) bond motifs is 1. The Kier molecular flexibility index (Phi) is 5.16. The first kappa shape index (κ1) is 17.6. The molecule has 0 aromatic heterocycles. The zero-order chi connectivity index (χ0) is 18.0. The molecule has 1 aliphatic heterocycles. The number of nitrogens with zero attached hydrogens (tertiary/aromatic N) is 2. The highest BCUT2D eigenvalue weighted by molar-refractivity contribution is 5.97. The fourth-order valence-electron chi connectivity index (χ4n) is 3.73. The number of rotatable bonds is 2. The predicted octanol–water partition coefficient (Wildman–Crippen LogP) is 2.15. The zero-order valence-corrected chi connectivity index (χ0v) is 15.0. The van der Waals surface area contributed by atoms with Crippen LogP contribution in [0.1, 0.15) is 47.2 Å². The van der Waals surface area contributed by atoms with Gasteiger partial charge in [0.15, 0.2) is 0 Å². The fraction of sp³-hybridized carbons (Fsp3) is 0.579. The van der Waals surface area contributed by atoms with Crippen molar-refractivity contribution in [3.05, 3.63) is 28.8 Å². The molecule has 2 N–H and O–H groups in total. The van der Waals surface area contributed by atoms with Crippen molar-refractivity contribution in [1.29, 1.82) is 0 Å². The predicted molar refractivity (Wildman–Crippen MR) is 95.9 cm³/mol. The molecule has 136 valence electrons. The van der Waals surface area contributed by atoms with Crippen LogP contribution in [0.4, 0.5) is 4.79 Å². The number of phenols is 1. The molecule has 1 heterocycles. The summed E-state index contributed by atoms with van der Waals surface area (Å²) in [6, 6.07) is 3.55. The molecule has 25 heavy (non-hydrogen) atoms. The molecule has 2 aliphatic rings. The number of phenolic OH excluding ortho intramolecular Hbond substituents is 1. The molecule has 0 unspecified atom stereocenters. The minimum absolute atomic E-state index is 0.0487. The molecule has 0 bridgehead atoms. The van der Waals surface area contributed by atoms with E-state index >= 15 is 0 Å². The maximum absolute atomic E-state index is 12.9. The third-order valence-corrected chi connectivity index (χ3v) is 5.18. The first-order valence-corrected chi connectivity index (χ1v) is 9.08. The number of nitrogens with one attached hydrogen (secondary N) is 1. The van der Waals surface area contributed by atoms with E-state index in [0.717, 1.165) is 49.7 Å². The van der Waals surface area contributed by atoms with E-state index in [1.807, 2.05) is 6.07 Å². The second-order valence-electron chi connectivity index (χ2n) is 7.24. The highest BCUT2D eigenvalue weighted by atomic mass is 16.3. The van der Waals surface area contributed by atoms with E-state index in [0.29, 0.717) is 18.7 Å². The van der Waals surface area contributed by atoms with Gasteiger partial charge < -0.3 is 20.2 Å². The summed E-state index contributed by atoms with van der Waals surface area (Å²) < 4.78 is 0. The van der Waals surface area contributed by atoms with Crippen molar-refractivity contribution < 1.29 is 14.7 Å². The minimum Gasteiger partial charge on any atom is -0.507 e. The van der Waals surface area contributed by atoms with Crippen LogP contribution >= 0.6 is 0 Å². The van der Waals surface area contributed by atoms with E-state index in [-0.39, 0.29) is 23.7 Å². The Labute approximate surface area is 148 Å². The SMILES string of the molecule is CN(C)C(=O)N[C@H]1CCCN(C(=O)c2ccc3c(c2O)CCCC3)C1. The number of aromatic hydroxyl groups is 1.